The summed E-state index contributed by atoms with van der Waals surface area (Å²) in [5, 5.41) is 0. The van der Waals surface area contributed by atoms with Crippen molar-refractivity contribution in [3.8, 4) is 5.75 Å². The number of imide groups is 1. The highest BCUT2D eigenvalue weighted by Gasteiger charge is 2.38. The van der Waals surface area contributed by atoms with E-state index in [4.69, 9.17) is 4.74 Å². The van der Waals surface area contributed by atoms with Crippen molar-refractivity contribution in [1.82, 2.24) is 4.90 Å². The first-order valence-electron chi connectivity index (χ1n) is 7.99. The number of rotatable bonds is 7. The van der Waals surface area contributed by atoms with E-state index in [9.17, 15) is 9.59 Å². The molecule has 1 aliphatic rings. The van der Waals surface area contributed by atoms with Crippen LogP contribution in [-0.2, 0) is 9.59 Å². The van der Waals surface area contributed by atoms with Crippen LogP contribution in [0.3, 0.4) is 0 Å². The predicted molar refractivity (Wildman–Crippen MR) is 94.3 cm³/mol. The molecule has 23 heavy (non-hydrogen) atoms. The van der Waals surface area contributed by atoms with Gasteiger partial charge >= 0.3 is 0 Å². The molecule has 0 N–H and O–H groups in total. The third kappa shape index (κ3) is 3.78. The lowest BCUT2D eigenvalue weighted by molar-refractivity contribution is -0.136. The molecule has 0 unspecified atom stereocenters. The molecule has 1 aromatic carbocycles. The predicted octanol–water partition coefficient (Wildman–Crippen LogP) is 3.72. The van der Waals surface area contributed by atoms with Gasteiger partial charge in [0.05, 0.1) is 16.6 Å². The second kappa shape index (κ2) is 7.68. The molecule has 1 heterocycles. The number of carbonyl (C=O) groups is 2. The standard InChI is InChI=1S/C18H23NO3S/c1-5-11-19-17(20)15(16(18(19)21)23-6-2)13-7-9-14(10-8-13)22-12(3)4/h7-10,12H,5-6,11H2,1-4H3. The van der Waals surface area contributed by atoms with Crippen molar-refractivity contribution in [3.05, 3.63) is 34.7 Å². The van der Waals surface area contributed by atoms with Crippen LogP contribution in [0.25, 0.3) is 5.57 Å². The summed E-state index contributed by atoms with van der Waals surface area (Å²) < 4.78 is 5.63. The average Bonchev–Trinajstić information content (AvgIpc) is 2.73. The maximum absolute atomic E-state index is 12.7. The fourth-order valence-electron chi connectivity index (χ4n) is 2.49. The monoisotopic (exact) mass is 333 g/mol. The number of hydrogen-bond donors (Lipinski definition) is 0. The highest BCUT2D eigenvalue weighted by molar-refractivity contribution is 8.04. The molecule has 2 rings (SSSR count). The maximum Gasteiger partial charge on any atom is 0.267 e. The van der Waals surface area contributed by atoms with E-state index in [0.717, 1.165) is 23.5 Å². The minimum atomic E-state index is -0.190. The fraction of sp³-hybridized carbons (Fsp3) is 0.444. The number of hydrogen-bond acceptors (Lipinski definition) is 4. The normalized spacial score (nSPS) is 15.1. The zero-order valence-electron chi connectivity index (χ0n) is 14.1. The Morgan fingerprint density at radius 2 is 1.74 bits per heavy atom. The Balaban J connectivity index is 2.36. The molecule has 0 spiro atoms. The van der Waals surface area contributed by atoms with Gasteiger partial charge in [-0.1, -0.05) is 26.0 Å². The highest BCUT2D eigenvalue weighted by Crippen LogP contribution is 2.36. The van der Waals surface area contributed by atoms with Crippen molar-refractivity contribution >= 4 is 29.1 Å². The molecule has 1 aromatic rings. The summed E-state index contributed by atoms with van der Waals surface area (Å²) in [5.74, 6) is 1.16. The van der Waals surface area contributed by atoms with Crippen molar-refractivity contribution in [2.75, 3.05) is 12.3 Å². The van der Waals surface area contributed by atoms with E-state index in [1.165, 1.54) is 16.7 Å². The van der Waals surface area contributed by atoms with Gasteiger partial charge in [0.1, 0.15) is 5.75 Å². The van der Waals surface area contributed by atoms with Crippen LogP contribution in [0.2, 0.25) is 0 Å². The lowest BCUT2D eigenvalue weighted by Crippen LogP contribution is -2.32. The summed E-state index contributed by atoms with van der Waals surface area (Å²) in [5.41, 5.74) is 1.29. The van der Waals surface area contributed by atoms with Crippen molar-refractivity contribution in [2.24, 2.45) is 0 Å². The van der Waals surface area contributed by atoms with Gasteiger partial charge in [-0.15, -0.1) is 11.8 Å². The molecular formula is C18H23NO3S. The van der Waals surface area contributed by atoms with Crippen LogP contribution >= 0.6 is 11.8 Å². The summed E-state index contributed by atoms with van der Waals surface area (Å²) in [4.78, 5) is 27.1. The van der Waals surface area contributed by atoms with E-state index in [1.54, 1.807) is 0 Å². The Morgan fingerprint density at radius 1 is 1.09 bits per heavy atom. The Bertz CT molecular complexity index is 620. The molecule has 0 atom stereocenters. The van der Waals surface area contributed by atoms with Gasteiger partial charge < -0.3 is 4.74 Å². The summed E-state index contributed by atoms with van der Waals surface area (Å²) in [7, 11) is 0. The Morgan fingerprint density at radius 3 is 2.26 bits per heavy atom. The van der Waals surface area contributed by atoms with E-state index in [-0.39, 0.29) is 17.9 Å². The summed E-state index contributed by atoms with van der Waals surface area (Å²) >= 11 is 1.43. The number of nitrogens with zero attached hydrogens (tertiary/aromatic N) is 1. The number of thioether (sulfide) groups is 1. The Kier molecular flexibility index (Phi) is 5.88. The molecule has 1 aliphatic heterocycles. The molecule has 124 valence electrons. The molecule has 2 amide bonds. The Hall–Kier alpha value is -1.75. The number of benzene rings is 1. The van der Waals surface area contributed by atoms with Gasteiger partial charge in [-0.25, -0.2) is 0 Å². The van der Waals surface area contributed by atoms with E-state index in [0.29, 0.717) is 17.0 Å². The third-order valence-electron chi connectivity index (χ3n) is 3.38. The van der Waals surface area contributed by atoms with Crippen LogP contribution < -0.4 is 4.74 Å². The lowest BCUT2D eigenvalue weighted by Gasteiger charge is -2.13. The van der Waals surface area contributed by atoms with Crippen LogP contribution in [0, 0.1) is 0 Å². The average molecular weight is 333 g/mol. The number of amides is 2. The fourth-order valence-corrected chi connectivity index (χ4v) is 3.36. The smallest absolute Gasteiger partial charge is 0.267 e. The van der Waals surface area contributed by atoms with Gasteiger partial charge in [-0.05, 0) is 43.7 Å². The van der Waals surface area contributed by atoms with Gasteiger partial charge in [0, 0.05) is 6.54 Å². The second-order valence-electron chi connectivity index (χ2n) is 5.59. The lowest BCUT2D eigenvalue weighted by atomic mass is 10.1. The minimum Gasteiger partial charge on any atom is -0.491 e. The highest BCUT2D eigenvalue weighted by atomic mass is 32.2. The van der Waals surface area contributed by atoms with Crippen molar-refractivity contribution in [2.45, 2.75) is 40.2 Å². The molecule has 0 aromatic heterocycles. The summed E-state index contributed by atoms with van der Waals surface area (Å²) in [6, 6.07) is 7.39. The van der Waals surface area contributed by atoms with E-state index >= 15 is 0 Å². The second-order valence-corrected chi connectivity index (χ2v) is 6.86. The molecule has 4 nitrogen and oxygen atoms in total. The van der Waals surface area contributed by atoms with Gasteiger partial charge in [0.15, 0.2) is 0 Å². The first kappa shape index (κ1) is 17.6. The maximum atomic E-state index is 12.7. The number of ether oxygens (including phenoxy) is 1. The van der Waals surface area contributed by atoms with Crippen LogP contribution in [0.15, 0.2) is 29.2 Å². The van der Waals surface area contributed by atoms with Crippen molar-refractivity contribution < 1.29 is 14.3 Å². The summed E-state index contributed by atoms with van der Waals surface area (Å²) in [6.07, 6.45) is 0.858. The molecule has 0 bridgehead atoms. The van der Waals surface area contributed by atoms with E-state index in [1.807, 2.05) is 52.0 Å². The molecule has 0 fully saturated rings. The zero-order chi connectivity index (χ0) is 17.0. The molecular weight excluding hydrogens is 310 g/mol. The van der Waals surface area contributed by atoms with Crippen LogP contribution in [0.4, 0.5) is 0 Å². The van der Waals surface area contributed by atoms with Gasteiger partial charge in [0.2, 0.25) is 0 Å². The first-order valence-corrected chi connectivity index (χ1v) is 8.98. The molecule has 5 heteroatoms. The van der Waals surface area contributed by atoms with Crippen LogP contribution in [0.5, 0.6) is 5.75 Å². The van der Waals surface area contributed by atoms with E-state index in [2.05, 4.69) is 0 Å². The third-order valence-corrected chi connectivity index (χ3v) is 4.33. The zero-order valence-corrected chi connectivity index (χ0v) is 14.9. The SMILES string of the molecule is CCCN1C(=O)C(SCC)=C(c2ccc(OC(C)C)cc2)C1=O. The summed E-state index contributed by atoms with van der Waals surface area (Å²) in [6.45, 7) is 8.34. The van der Waals surface area contributed by atoms with Crippen LogP contribution in [-0.4, -0.2) is 35.1 Å². The molecule has 0 saturated carbocycles. The van der Waals surface area contributed by atoms with Crippen molar-refractivity contribution in [3.63, 3.8) is 0 Å². The number of carbonyl (C=O) groups excluding carboxylic acids is 2. The van der Waals surface area contributed by atoms with Crippen LogP contribution in [0.1, 0.15) is 39.7 Å². The van der Waals surface area contributed by atoms with Gasteiger partial charge in [-0.3, -0.25) is 14.5 Å². The first-order chi connectivity index (χ1) is 11.0. The van der Waals surface area contributed by atoms with Gasteiger partial charge in [0.25, 0.3) is 11.8 Å². The Labute approximate surface area is 141 Å². The molecule has 0 saturated heterocycles. The van der Waals surface area contributed by atoms with Crippen molar-refractivity contribution in [1.29, 1.82) is 0 Å². The molecule has 0 aliphatic carbocycles. The largest absolute Gasteiger partial charge is 0.491 e. The minimum absolute atomic E-state index is 0.0982. The molecule has 0 radical (unpaired) electrons. The van der Waals surface area contributed by atoms with Gasteiger partial charge in [-0.2, -0.15) is 0 Å². The van der Waals surface area contributed by atoms with E-state index < -0.39 is 0 Å². The quantitative estimate of drug-likeness (QED) is 0.714. The topological polar surface area (TPSA) is 46.6 Å².